The number of carbonyl (C=O) groups excluding carboxylic acids is 2. The molecule has 0 aromatic carbocycles. The zero-order valence-electron chi connectivity index (χ0n) is 11.7. The SMILES string of the molecule is CCc1ccnc(C(=O)N2CCO[C@H](C)[C@H]2C(N)=O)c1. The van der Waals surface area contributed by atoms with Crippen LogP contribution < -0.4 is 5.73 Å². The molecule has 0 aliphatic carbocycles. The highest BCUT2D eigenvalue weighted by molar-refractivity contribution is 5.96. The van der Waals surface area contributed by atoms with Crippen LogP contribution in [0.1, 0.15) is 29.9 Å². The van der Waals surface area contributed by atoms with Gasteiger partial charge in [-0.2, -0.15) is 0 Å². The van der Waals surface area contributed by atoms with Gasteiger partial charge in [0.15, 0.2) is 0 Å². The van der Waals surface area contributed by atoms with Crippen LogP contribution in [0.5, 0.6) is 0 Å². The van der Waals surface area contributed by atoms with Crippen molar-refractivity contribution in [3.63, 3.8) is 0 Å². The van der Waals surface area contributed by atoms with Crippen LogP contribution in [-0.4, -0.2) is 47.0 Å². The van der Waals surface area contributed by atoms with Gasteiger partial charge in [-0.1, -0.05) is 6.92 Å². The highest BCUT2D eigenvalue weighted by Gasteiger charge is 2.37. The number of rotatable bonds is 3. The Morgan fingerprint density at radius 1 is 1.55 bits per heavy atom. The predicted molar refractivity (Wildman–Crippen MR) is 73.0 cm³/mol. The van der Waals surface area contributed by atoms with Gasteiger partial charge in [0.05, 0.1) is 12.7 Å². The standard InChI is InChI=1S/C14H19N3O3/c1-3-10-4-5-16-11(8-10)14(19)17-6-7-20-9(2)12(17)13(15)18/h4-5,8-9,12H,3,6-7H2,1-2H3,(H2,15,18)/t9-,12+/m1/s1. The second-order valence-electron chi connectivity index (χ2n) is 4.82. The van der Waals surface area contributed by atoms with Crippen LogP contribution in [0.25, 0.3) is 0 Å². The maximum Gasteiger partial charge on any atom is 0.273 e. The van der Waals surface area contributed by atoms with Crippen LogP contribution >= 0.6 is 0 Å². The summed E-state index contributed by atoms with van der Waals surface area (Å²) in [6.07, 6.45) is 2.02. The van der Waals surface area contributed by atoms with Crippen molar-refractivity contribution in [2.45, 2.75) is 32.4 Å². The number of hydrogen-bond acceptors (Lipinski definition) is 4. The van der Waals surface area contributed by atoms with Gasteiger partial charge in [0.25, 0.3) is 5.91 Å². The van der Waals surface area contributed by atoms with Gasteiger partial charge in [-0.3, -0.25) is 14.6 Å². The first-order valence-electron chi connectivity index (χ1n) is 6.71. The highest BCUT2D eigenvalue weighted by atomic mass is 16.5. The van der Waals surface area contributed by atoms with Crippen molar-refractivity contribution in [3.05, 3.63) is 29.6 Å². The molecule has 1 fully saturated rings. The number of aryl methyl sites for hydroxylation is 1. The van der Waals surface area contributed by atoms with Gasteiger partial charge in [-0.15, -0.1) is 0 Å². The Morgan fingerprint density at radius 3 is 2.95 bits per heavy atom. The molecule has 0 radical (unpaired) electrons. The maximum absolute atomic E-state index is 12.5. The molecule has 0 saturated carbocycles. The minimum atomic E-state index is -0.747. The predicted octanol–water partition coefficient (Wildman–Crippen LogP) is 0.359. The third kappa shape index (κ3) is 2.80. The molecule has 2 heterocycles. The summed E-state index contributed by atoms with van der Waals surface area (Å²) in [5.41, 5.74) is 6.75. The molecule has 2 rings (SSSR count). The fourth-order valence-corrected chi connectivity index (χ4v) is 2.39. The molecule has 0 bridgehead atoms. The minimum absolute atomic E-state index is 0.278. The lowest BCUT2D eigenvalue weighted by Gasteiger charge is -2.37. The van der Waals surface area contributed by atoms with Crippen molar-refractivity contribution >= 4 is 11.8 Å². The van der Waals surface area contributed by atoms with E-state index in [0.717, 1.165) is 12.0 Å². The number of primary amides is 1. The summed E-state index contributed by atoms with van der Waals surface area (Å²) in [6, 6.07) is 2.87. The summed E-state index contributed by atoms with van der Waals surface area (Å²) in [7, 11) is 0. The summed E-state index contributed by atoms with van der Waals surface area (Å²) in [6.45, 7) is 4.48. The Kier molecular flexibility index (Phi) is 4.34. The molecule has 0 unspecified atom stereocenters. The molecule has 2 N–H and O–H groups in total. The number of aromatic nitrogens is 1. The van der Waals surface area contributed by atoms with Crippen LogP contribution in [0, 0.1) is 0 Å². The Hall–Kier alpha value is -1.95. The van der Waals surface area contributed by atoms with E-state index < -0.39 is 18.1 Å². The molecule has 20 heavy (non-hydrogen) atoms. The highest BCUT2D eigenvalue weighted by Crippen LogP contribution is 2.17. The third-order valence-corrected chi connectivity index (χ3v) is 3.50. The molecule has 1 saturated heterocycles. The Morgan fingerprint density at radius 2 is 2.30 bits per heavy atom. The van der Waals surface area contributed by atoms with E-state index in [1.807, 2.05) is 13.0 Å². The molecule has 1 aromatic rings. The number of hydrogen-bond donors (Lipinski definition) is 1. The van der Waals surface area contributed by atoms with E-state index in [0.29, 0.717) is 18.8 Å². The van der Waals surface area contributed by atoms with Gasteiger partial charge >= 0.3 is 0 Å². The van der Waals surface area contributed by atoms with Gasteiger partial charge in [0.2, 0.25) is 5.91 Å². The normalized spacial score (nSPS) is 22.6. The average Bonchev–Trinajstić information content (AvgIpc) is 2.45. The summed E-state index contributed by atoms with van der Waals surface area (Å²) < 4.78 is 5.40. The van der Waals surface area contributed by atoms with Crippen LogP contribution in [0.15, 0.2) is 18.3 Å². The number of morpholine rings is 1. The second-order valence-corrected chi connectivity index (χ2v) is 4.82. The first-order chi connectivity index (χ1) is 9.54. The molecule has 2 amide bonds. The van der Waals surface area contributed by atoms with E-state index in [1.165, 1.54) is 4.90 Å². The quantitative estimate of drug-likeness (QED) is 0.864. The monoisotopic (exact) mass is 277 g/mol. The number of ether oxygens (including phenoxy) is 1. The summed E-state index contributed by atoms with van der Waals surface area (Å²) >= 11 is 0. The van der Waals surface area contributed by atoms with Crippen molar-refractivity contribution < 1.29 is 14.3 Å². The number of carbonyl (C=O) groups is 2. The van der Waals surface area contributed by atoms with Crippen molar-refractivity contribution in [2.75, 3.05) is 13.2 Å². The molecular weight excluding hydrogens is 258 g/mol. The number of pyridine rings is 1. The molecule has 1 aliphatic rings. The molecule has 6 nitrogen and oxygen atoms in total. The Balaban J connectivity index is 2.27. The van der Waals surface area contributed by atoms with Crippen LogP contribution in [-0.2, 0) is 16.0 Å². The summed E-state index contributed by atoms with van der Waals surface area (Å²) in [5, 5.41) is 0. The van der Waals surface area contributed by atoms with Crippen LogP contribution in [0.3, 0.4) is 0 Å². The fraction of sp³-hybridized carbons (Fsp3) is 0.500. The number of nitrogens with two attached hydrogens (primary N) is 1. The van der Waals surface area contributed by atoms with Crippen molar-refractivity contribution in [1.82, 2.24) is 9.88 Å². The van der Waals surface area contributed by atoms with Gasteiger partial charge < -0.3 is 15.4 Å². The molecule has 0 spiro atoms. The molecule has 2 atom stereocenters. The van der Waals surface area contributed by atoms with E-state index >= 15 is 0 Å². The first kappa shape index (κ1) is 14.5. The lowest BCUT2D eigenvalue weighted by atomic mass is 10.1. The van der Waals surface area contributed by atoms with E-state index in [9.17, 15) is 9.59 Å². The van der Waals surface area contributed by atoms with Gasteiger partial charge in [0.1, 0.15) is 11.7 Å². The van der Waals surface area contributed by atoms with Crippen LogP contribution in [0.4, 0.5) is 0 Å². The molecular formula is C14H19N3O3. The van der Waals surface area contributed by atoms with E-state index in [4.69, 9.17) is 10.5 Å². The van der Waals surface area contributed by atoms with Gasteiger partial charge in [-0.25, -0.2) is 0 Å². The lowest BCUT2D eigenvalue weighted by Crippen LogP contribution is -2.58. The van der Waals surface area contributed by atoms with Crippen molar-refractivity contribution in [1.29, 1.82) is 0 Å². The van der Waals surface area contributed by atoms with E-state index in [2.05, 4.69) is 4.98 Å². The summed E-state index contributed by atoms with van der Waals surface area (Å²) in [4.78, 5) is 29.6. The number of amides is 2. The third-order valence-electron chi connectivity index (χ3n) is 3.50. The van der Waals surface area contributed by atoms with Crippen molar-refractivity contribution in [2.24, 2.45) is 5.73 Å². The molecule has 108 valence electrons. The Labute approximate surface area is 117 Å². The topological polar surface area (TPSA) is 85.5 Å². The summed E-state index contributed by atoms with van der Waals surface area (Å²) in [5.74, 6) is -0.837. The molecule has 1 aromatic heterocycles. The van der Waals surface area contributed by atoms with Gasteiger partial charge in [0, 0.05) is 12.7 Å². The largest absolute Gasteiger partial charge is 0.374 e. The Bertz CT molecular complexity index is 518. The van der Waals surface area contributed by atoms with E-state index in [-0.39, 0.29) is 5.91 Å². The molecule has 1 aliphatic heterocycles. The minimum Gasteiger partial charge on any atom is -0.374 e. The van der Waals surface area contributed by atoms with Gasteiger partial charge in [-0.05, 0) is 31.0 Å². The fourth-order valence-electron chi connectivity index (χ4n) is 2.39. The van der Waals surface area contributed by atoms with Crippen molar-refractivity contribution in [3.8, 4) is 0 Å². The number of nitrogens with zero attached hydrogens (tertiary/aromatic N) is 2. The van der Waals surface area contributed by atoms with E-state index in [1.54, 1.807) is 19.2 Å². The molecule has 6 heteroatoms. The first-order valence-corrected chi connectivity index (χ1v) is 6.71. The smallest absolute Gasteiger partial charge is 0.273 e. The zero-order valence-corrected chi connectivity index (χ0v) is 11.7. The zero-order chi connectivity index (χ0) is 14.7. The average molecular weight is 277 g/mol. The lowest BCUT2D eigenvalue weighted by molar-refractivity contribution is -0.132. The maximum atomic E-state index is 12.5. The second kappa shape index (κ2) is 6.00. The van der Waals surface area contributed by atoms with Crippen LogP contribution in [0.2, 0.25) is 0 Å².